The van der Waals surface area contributed by atoms with Gasteiger partial charge in [-0.05, 0) is 49.9 Å². The molecule has 0 fully saturated rings. The van der Waals surface area contributed by atoms with Crippen molar-refractivity contribution in [1.29, 1.82) is 0 Å². The number of hydrogen-bond donors (Lipinski definition) is 1. The molecule has 1 aromatic carbocycles. The van der Waals surface area contributed by atoms with Crippen LogP contribution in [0.5, 0.6) is 5.75 Å². The van der Waals surface area contributed by atoms with Gasteiger partial charge in [-0.25, -0.2) is 9.97 Å². The summed E-state index contributed by atoms with van der Waals surface area (Å²) in [4.78, 5) is 22.5. The molecule has 28 heavy (non-hydrogen) atoms. The fourth-order valence-electron chi connectivity index (χ4n) is 3.30. The first-order chi connectivity index (χ1) is 13.7. The fraction of sp³-hybridized carbons (Fsp3) is 0.381. The first kappa shape index (κ1) is 18.7. The van der Waals surface area contributed by atoms with E-state index in [1.165, 1.54) is 24.1 Å². The summed E-state index contributed by atoms with van der Waals surface area (Å²) in [6.45, 7) is 0. The van der Waals surface area contributed by atoms with E-state index in [9.17, 15) is 4.79 Å². The third kappa shape index (κ3) is 4.42. The number of rotatable bonds is 6. The molecule has 0 atom stereocenters. The number of fused-ring (bicyclic) bond motifs is 1. The maximum Gasteiger partial charge on any atom is 0.226 e. The molecule has 2 heterocycles. The second kappa shape index (κ2) is 8.56. The molecule has 0 spiro atoms. The zero-order chi connectivity index (χ0) is 19.3. The lowest BCUT2D eigenvalue weighted by Crippen LogP contribution is -2.12. The van der Waals surface area contributed by atoms with Gasteiger partial charge in [0, 0.05) is 23.3 Å². The van der Waals surface area contributed by atoms with Crippen LogP contribution in [0.25, 0.3) is 11.3 Å². The van der Waals surface area contributed by atoms with Gasteiger partial charge in [-0.3, -0.25) is 4.79 Å². The molecule has 0 aliphatic heterocycles. The third-order valence-corrected chi connectivity index (χ3v) is 5.91. The maximum absolute atomic E-state index is 12.3. The summed E-state index contributed by atoms with van der Waals surface area (Å²) >= 11 is 1.61. The van der Waals surface area contributed by atoms with Gasteiger partial charge in [-0.1, -0.05) is 6.42 Å². The molecule has 7 heteroatoms. The van der Waals surface area contributed by atoms with Crippen LogP contribution in [0, 0.1) is 0 Å². The number of carbonyl (C=O) groups excluding carboxylic acids is 1. The Labute approximate surface area is 168 Å². The number of aromatic nitrogens is 2. The normalized spacial score (nSPS) is 13.6. The van der Waals surface area contributed by atoms with E-state index in [0.29, 0.717) is 29.6 Å². The van der Waals surface area contributed by atoms with Crippen molar-refractivity contribution in [1.82, 2.24) is 9.97 Å². The highest BCUT2D eigenvalue weighted by molar-refractivity contribution is 7.15. The number of benzene rings is 1. The molecule has 0 saturated heterocycles. The summed E-state index contributed by atoms with van der Waals surface area (Å²) in [5.41, 5.74) is 2.09. The van der Waals surface area contributed by atoms with Gasteiger partial charge >= 0.3 is 0 Å². The molecule has 146 valence electrons. The van der Waals surface area contributed by atoms with Crippen LogP contribution in [0.2, 0.25) is 0 Å². The number of nitrogens with one attached hydrogen (secondary N) is 1. The second-order valence-electron chi connectivity index (χ2n) is 6.84. The molecule has 1 aliphatic rings. The highest BCUT2D eigenvalue weighted by Crippen LogP contribution is 2.29. The first-order valence-electron chi connectivity index (χ1n) is 9.59. The van der Waals surface area contributed by atoms with Gasteiger partial charge in [0.15, 0.2) is 16.8 Å². The number of ether oxygens (including phenoxy) is 1. The smallest absolute Gasteiger partial charge is 0.226 e. The Hall–Kier alpha value is -2.67. The minimum Gasteiger partial charge on any atom is -0.497 e. The Morgan fingerprint density at radius 3 is 2.86 bits per heavy atom. The summed E-state index contributed by atoms with van der Waals surface area (Å²) in [7, 11) is 1.63. The van der Waals surface area contributed by atoms with Crippen molar-refractivity contribution in [2.45, 2.75) is 44.9 Å². The number of anilines is 1. The summed E-state index contributed by atoms with van der Waals surface area (Å²) in [6, 6.07) is 7.59. The van der Waals surface area contributed by atoms with E-state index in [0.717, 1.165) is 29.8 Å². The van der Waals surface area contributed by atoms with E-state index < -0.39 is 0 Å². The molecule has 1 amide bonds. The third-order valence-electron chi connectivity index (χ3n) is 4.84. The molecule has 0 bridgehead atoms. The van der Waals surface area contributed by atoms with Crippen molar-refractivity contribution >= 4 is 22.4 Å². The van der Waals surface area contributed by atoms with Gasteiger partial charge in [0.05, 0.1) is 19.0 Å². The maximum atomic E-state index is 12.3. The van der Waals surface area contributed by atoms with Crippen LogP contribution in [0.3, 0.4) is 0 Å². The van der Waals surface area contributed by atoms with Gasteiger partial charge < -0.3 is 14.5 Å². The number of thiazole rings is 1. The van der Waals surface area contributed by atoms with E-state index in [1.54, 1.807) is 24.6 Å². The van der Waals surface area contributed by atoms with Crippen LogP contribution < -0.4 is 10.1 Å². The van der Waals surface area contributed by atoms with Crippen molar-refractivity contribution in [2.75, 3.05) is 12.4 Å². The molecule has 0 radical (unpaired) electrons. The number of methoxy groups -OCH3 is 1. The molecule has 4 rings (SSSR count). The average molecular weight is 398 g/mol. The highest BCUT2D eigenvalue weighted by Gasteiger charge is 2.16. The Bertz CT molecular complexity index is 923. The number of carbonyl (C=O) groups is 1. The molecular formula is C21H23N3O3S. The first-order valence-corrected chi connectivity index (χ1v) is 10.4. The molecule has 0 unspecified atom stereocenters. The van der Waals surface area contributed by atoms with E-state index in [-0.39, 0.29) is 5.91 Å². The number of oxazole rings is 1. The average Bonchev–Trinajstić information content (AvgIpc) is 3.28. The van der Waals surface area contributed by atoms with Crippen LogP contribution in [-0.2, 0) is 24.1 Å². The largest absolute Gasteiger partial charge is 0.497 e. The minimum atomic E-state index is -0.0619. The summed E-state index contributed by atoms with van der Waals surface area (Å²) in [5, 5.41) is 3.64. The Kier molecular flexibility index (Phi) is 5.71. The molecular weight excluding hydrogens is 374 g/mol. The SMILES string of the molecule is COc1ccc(-c2cnc(CCC(=O)Nc3nc4c(s3)CCCCC4)o2)cc1. The van der Waals surface area contributed by atoms with Gasteiger partial charge in [-0.15, -0.1) is 11.3 Å². The standard InChI is InChI=1S/C21H23N3O3S/c1-26-15-9-7-14(8-10-15)17-13-22-20(27-17)12-11-19(25)24-21-23-16-5-3-2-4-6-18(16)28-21/h7-10,13H,2-6,11-12H2,1H3,(H,23,24,25). The van der Waals surface area contributed by atoms with E-state index in [1.807, 2.05) is 24.3 Å². The summed E-state index contributed by atoms with van der Waals surface area (Å²) in [6.07, 6.45) is 8.21. The molecule has 3 aromatic rings. The highest BCUT2D eigenvalue weighted by atomic mass is 32.1. The topological polar surface area (TPSA) is 77.2 Å². The Morgan fingerprint density at radius 2 is 2.04 bits per heavy atom. The van der Waals surface area contributed by atoms with Crippen molar-refractivity contribution in [3.8, 4) is 17.1 Å². The number of hydrogen-bond acceptors (Lipinski definition) is 6. The molecule has 0 saturated carbocycles. The fourth-order valence-corrected chi connectivity index (χ4v) is 4.37. The van der Waals surface area contributed by atoms with Crippen molar-refractivity contribution in [3.05, 3.63) is 46.9 Å². The van der Waals surface area contributed by atoms with Gasteiger partial charge in [0.25, 0.3) is 0 Å². The van der Waals surface area contributed by atoms with Gasteiger partial charge in [-0.2, -0.15) is 0 Å². The van der Waals surface area contributed by atoms with E-state index in [4.69, 9.17) is 9.15 Å². The van der Waals surface area contributed by atoms with E-state index in [2.05, 4.69) is 15.3 Å². The number of aryl methyl sites for hydroxylation is 3. The lowest BCUT2D eigenvalue weighted by atomic mass is 10.2. The lowest BCUT2D eigenvalue weighted by molar-refractivity contribution is -0.116. The van der Waals surface area contributed by atoms with Crippen LogP contribution in [0.4, 0.5) is 5.13 Å². The molecule has 1 N–H and O–H groups in total. The summed E-state index contributed by atoms with van der Waals surface area (Å²) < 4.78 is 10.9. The molecule has 2 aromatic heterocycles. The summed E-state index contributed by atoms with van der Waals surface area (Å²) in [5.74, 6) is 1.96. The minimum absolute atomic E-state index is 0.0619. The molecule has 1 aliphatic carbocycles. The van der Waals surface area contributed by atoms with Gasteiger partial charge in [0.1, 0.15) is 5.75 Å². The van der Waals surface area contributed by atoms with Crippen LogP contribution in [0.15, 0.2) is 34.9 Å². The Balaban J connectivity index is 1.32. The quantitative estimate of drug-likeness (QED) is 0.613. The van der Waals surface area contributed by atoms with Crippen molar-refractivity contribution in [3.63, 3.8) is 0 Å². The number of amides is 1. The zero-order valence-corrected chi connectivity index (χ0v) is 16.7. The van der Waals surface area contributed by atoms with Crippen LogP contribution in [-0.4, -0.2) is 23.0 Å². The van der Waals surface area contributed by atoms with E-state index >= 15 is 0 Å². The van der Waals surface area contributed by atoms with Crippen LogP contribution in [0.1, 0.15) is 42.1 Å². The van der Waals surface area contributed by atoms with Crippen molar-refractivity contribution < 1.29 is 13.9 Å². The predicted octanol–water partition coefficient (Wildman–Crippen LogP) is 4.65. The van der Waals surface area contributed by atoms with Crippen LogP contribution >= 0.6 is 11.3 Å². The monoisotopic (exact) mass is 397 g/mol. The van der Waals surface area contributed by atoms with Gasteiger partial charge in [0.2, 0.25) is 5.91 Å². The molecule has 6 nitrogen and oxygen atoms in total. The lowest BCUT2D eigenvalue weighted by Gasteiger charge is -2.01. The number of nitrogens with zero attached hydrogens (tertiary/aromatic N) is 2. The predicted molar refractivity (Wildman–Crippen MR) is 109 cm³/mol. The Morgan fingerprint density at radius 1 is 1.21 bits per heavy atom. The second-order valence-corrected chi connectivity index (χ2v) is 7.93. The zero-order valence-electron chi connectivity index (χ0n) is 15.9. The van der Waals surface area contributed by atoms with Crippen molar-refractivity contribution in [2.24, 2.45) is 0 Å².